The van der Waals surface area contributed by atoms with E-state index in [1.807, 2.05) is 0 Å². The first-order valence-corrected chi connectivity index (χ1v) is 5.96. The van der Waals surface area contributed by atoms with Gasteiger partial charge in [0.1, 0.15) is 0 Å². The molecule has 0 amide bonds. The van der Waals surface area contributed by atoms with Gasteiger partial charge in [0, 0.05) is 31.9 Å². The Morgan fingerprint density at radius 1 is 1.12 bits per heavy atom. The Balaban J connectivity index is 2.56. The molecule has 90 valence electrons. The molecule has 0 radical (unpaired) electrons. The molecule has 0 aliphatic heterocycles. The topological polar surface area (TPSA) is 15.3 Å². The van der Waals surface area contributed by atoms with Crippen LogP contribution in [0.15, 0.2) is 24.3 Å². The smallest absolute Gasteiger partial charge is 0.0361 e. The van der Waals surface area contributed by atoms with E-state index in [0.717, 1.165) is 13.0 Å². The van der Waals surface area contributed by atoms with Crippen molar-refractivity contribution >= 4 is 5.69 Å². The van der Waals surface area contributed by atoms with Crippen molar-refractivity contribution in [1.82, 2.24) is 5.32 Å². The number of nitrogens with one attached hydrogen (secondary N) is 1. The summed E-state index contributed by atoms with van der Waals surface area (Å²) in [6.45, 7) is 7.62. The maximum atomic E-state index is 3.56. The maximum absolute atomic E-state index is 3.56. The highest BCUT2D eigenvalue weighted by atomic mass is 15.1. The molecule has 0 heterocycles. The quantitative estimate of drug-likeness (QED) is 0.820. The number of hydrogen-bond donors (Lipinski definition) is 1. The SMILES string of the molecule is CCC(C)(C)NCc1ccc(N(C)C)cc1. The van der Waals surface area contributed by atoms with Gasteiger partial charge in [-0.1, -0.05) is 19.1 Å². The fourth-order valence-electron chi connectivity index (χ4n) is 1.38. The molecule has 1 N–H and O–H groups in total. The molecule has 2 heteroatoms. The zero-order valence-corrected chi connectivity index (χ0v) is 11.2. The molecule has 0 aliphatic carbocycles. The van der Waals surface area contributed by atoms with Crippen LogP contribution in [0, 0.1) is 0 Å². The van der Waals surface area contributed by atoms with Crippen LogP contribution in [0.25, 0.3) is 0 Å². The van der Waals surface area contributed by atoms with Crippen molar-refractivity contribution in [3.63, 3.8) is 0 Å². The second-order valence-electron chi connectivity index (χ2n) is 5.15. The minimum Gasteiger partial charge on any atom is -0.378 e. The normalized spacial score (nSPS) is 11.6. The van der Waals surface area contributed by atoms with Gasteiger partial charge in [-0.15, -0.1) is 0 Å². The molecule has 0 fully saturated rings. The van der Waals surface area contributed by atoms with E-state index in [1.165, 1.54) is 11.3 Å². The van der Waals surface area contributed by atoms with Crippen LogP contribution in [-0.4, -0.2) is 19.6 Å². The third kappa shape index (κ3) is 3.86. The van der Waals surface area contributed by atoms with Crippen LogP contribution in [0.2, 0.25) is 0 Å². The predicted molar refractivity (Wildman–Crippen MR) is 72.0 cm³/mol. The predicted octanol–water partition coefficient (Wildman–Crippen LogP) is 3.03. The minimum atomic E-state index is 0.222. The van der Waals surface area contributed by atoms with Crippen LogP contribution in [-0.2, 0) is 6.54 Å². The summed E-state index contributed by atoms with van der Waals surface area (Å²) in [7, 11) is 4.13. The van der Waals surface area contributed by atoms with Crippen LogP contribution in [0.5, 0.6) is 0 Å². The zero-order chi connectivity index (χ0) is 12.2. The lowest BCUT2D eigenvalue weighted by molar-refractivity contribution is 0.374. The fourth-order valence-corrected chi connectivity index (χ4v) is 1.38. The van der Waals surface area contributed by atoms with E-state index in [1.54, 1.807) is 0 Å². The molecular formula is C14H24N2. The van der Waals surface area contributed by atoms with E-state index in [-0.39, 0.29) is 5.54 Å². The lowest BCUT2D eigenvalue weighted by Gasteiger charge is -2.24. The molecule has 0 unspecified atom stereocenters. The Morgan fingerprint density at radius 3 is 2.12 bits per heavy atom. The second-order valence-corrected chi connectivity index (χ2v) is 5.15. The van der Waals surface area contributed by atoms with Gasteiger partial charge in [-0.05, 0) is 38.0 Å². The molecule has 0 aromatic heterocycles. The van der Waals surface area contributed by atoms with Gasteiger partial charge < -0.3 is 10.2 Å². The minimum absolute atomic E-state index is 0.222. The standard InChI is InChI=1S/C14H24N2/c1-6-14(2,3)15-11-12-7-9-13(10-8-12)16(4)5/h7-10,15H,6,11H2,1-5H3. The summed E-state index contributed by atoms with van der Waals surface area (Å²) in [6, 6.07) is 8.70. The second kappa shape index (κ2) is 5.35. The van der Waals surface area contributed by atoms with Crippen molar-refractivity contribution < 1.29 is 0 Å². The highest BCUT2D eigenvalue weighted by molar-refractivity contribution is 5.45. The van der Waals surface area contributed by atoms with Gasteiger partial charge in [0.05, 0.1) is 0 Å². The van der Waals surface area contributed by atoms with Crippen molar-refractivity contribution in [2.24, 2.45) is 0 Å². The number of rotatable bonds is 5. The van der Waals surface area contributed by atoms with E-state index in [0.29, 0.717) is 0 Å². The third-order valence-electron chi connectivity index (χ3n) is 3.11. The molecule has 0 spiro atoms. The average Bonchev–Trinajstić information content (AvgIpc) is 2.27. The van der Waals surface area contributed by atoms with Crippen LogP contribution in [0.3, 0.4) is 0 Å². The Hall–Kier alpha value is -1.02. The molecule has 1 rings (SSSR count). The van der Waals surface area contributed by atoms with Crippen molar-refractivity contribution in [2.45, 2.75) is 39.3 Å². The lowest BCUT2D eigenvalue weighted by atomic mass is 10.0. The first-order chi connectivity index (χ1) is 7.44. The van der Waals surface area contributed by atoms with Gasteiger partial charge in [0.15, 0.2) is 0 Å². The van der Waals surface area contributed by atoms with Gasteiger partial charge in [-0.2, -0.15) is 0 Å². The number of hydrogen-bond acceptors (Lipinski definition) is 2. The Morgan fingerprint density at radius 2 is 1.69 bits per heavy atom. The van der Waals surface area contributed by atoms with E-state index in [2.05, 4.69) is 69.3 Å². The Bertz CT molecular complexity index is 312. The van der Waals surface area contributed by atoms with E-state index in [9.17, 15) is 0 Å². The summed E-state index contributed by atoms with van der Waals surface area (Å²) in [5, 5.41) is 3.56. The maximum Gasteiger partial charge on any atom is 0.0361 e. The van der Waals surface area contributed by atoms with Crippen molar-refractivity contribution in [3.8, 4) is 0 Å². The van der Waals surface area contributed by atoms with Crippen LogP contribution in [0.1, 0.15) is 32.8 Å². The summed E-state index contributed by atoms with van der Waals surface area (Å²) in [5.41, 5.74) is 2.81. The molecule has 1 aromatic rings. The lowest BCUT2D eigenvalue weighted by Crippen LogP contribution is -2.37. The average molecular weight is 220 g/mol. The third-order valence-corrected chi connectivity index (χ3v) is 3.11. The van der Waals surface area contributed by atoms with Crippen molar-refractivity contribution in [3.05, 3.63) is 29.8 Å². The molecule has 0 saturated heterocycles. The van der Waals surface area contributed by atoms with E-state index >= 15 is 0 Å². The summed E-state index contributed by atoms with van der Waals surface area (Å²) < 4.78 is 0. The number of anilines is 1. The molecule has 0 aliphatic rings. The van der Waals surface area contributed by atoms with E-state index < -0.39 is 0 Å². The van der Waals surface area contributed by atoms with E-state index in [4.69, 9.17) is 0 Å². The molecule has 0 bridgehead atoms. The fraction of sp³-hybridized carbons (Fsp3) is 0.571. The van der Waals surface area contributed by atoms with Gasteiger partial charge in [-0.3, -0.25) is 0 Å². The highest BCUT2D eigenvalue weighted by Crippen LogP contribution is 2.13. The first kappa shape index (κ1) is 13.0. The Kier molecular flexibility index (Phi) is 4.36. The van der Waals surface area contributed by atoms with Gasteiger partial charge >= 0.3 is 0 Å². The molecule has 0 saturated carbocycles. The van der Waals surface area contributed by atoms with Gasteiger partial charge in [0.25, 0.3) is 0 Å². The number of benzene rings is 1. The summed E-state index contributed by atoms with van der Waals surface area (Å²) in [4.78, 5) is 2.12. The van der Waals surface area contributed by atoms with Crippen molar-refractivity contribution in [1.29, 1.82) is 0 Å². The molecule has 2 nitrogen and oxygen atoms in total. The molecule has 16 heavy (non-hydrogen) atoms. The molecule has 1 aromatic carbocycles. The van der Waals surface area contributed by atoms with Crippen LogP contribution >= 0.6 is 0 Å². The highest BCUT2D eigenvalue weighted by Gasteiger charge is 2.12. The molecular weight excluding hydrogens is 196 g/mol. The summed E-state index contributed by atoms with van der Waals surface area (Å²) in [5.74, 6) is 0. The largest absolute Gasteiger partial charge is 0.378 e. The first-order valence-electron chi connectivity index (χ1n) is 5.96. The van der Waals surface area contributed by atoms with Crippen LogP contribution in [0.4, 0.5) is 5.69 Å². The van der Waals surface area contributed by atoms with Crippen molar-refractivity contribution in [2.75, 3.05) is 19.0 Å². The van der Waals surface area contributed by atoms with Gasteiger partial charge in [0.2, 0.25) is 0 Å². The molecule has 0 atom stereocenters. The summed E-state index contributed by atoms with van der Waals surface area (Å²) >= 11 is 0. The monoisotopic (exact) mass is 220 g/mol. The Labute approximate surface area is 99.7 Å². The zero-order valence-electron chi connectivity index (χ0n) is 11.2. The summed E-state index contributed by atoms with van der Waals surface area (Å²) in [6.07, 6.45) is 1.14. The van der Waals surface area contributed by atoms with Crippen LogP contribution < -0.4 is 10.2 Å². The number of nitrogens with zero attached hydrogens (tertiary/aromatic N) is 1. The van der Waals surface area contributed by atoms with Gasteiger partial charge in [-0.25, -0.2) is 0 Å².